The maximum atomic E-state index is 12.3. The molecule has 1 aliphatic heterocycles. The van der Waals surface area contributed by atoms with Crippen LogP contribution in [0.25, 0.3) is 0 Å². The van der Waals surface area contributed by atoms with Crippen molar-refractivity contribution in [3.8, 4) is 0 Å². The van der Waals surface area contributed by atoms with Gasteiger partial charge >= 0.3 is 0 Å². The summed E-state index contributed by atoms with van der Waals surface area (Å²) >= 11 is 0. The number of hydrogen-bond acceptors (Lipinski definition) is 4. The van der Waals surface area contributed by atoms with Crippen molar-refractivity contribution >= 4 is 5.91 Å². The zero-order valence-electron chi connectivity index (χ0n) is 11.8. The van der Waals surface area contributed by atoms with Gasteiger partial charge < -0.3 is 14.1 Å². The van der Waals surface area contributed by atoms with E-state index in [0.717, 1.165) is 5.76 Å². The van der Waals surface area contributed by atoms with Crippen LogP contribution in [-0.2, 0) is 16.1 Å². The summed E-state index contributed by atoms with van der Waals surface area (Å²) < 4.78 is 10.9. The Kier molecular flexibility index (Phi) is 4.61. The third-order valence-corrected chi connectivity index (χ3v) is 3.26. The first-order valence-electron chi connectivity index (χ1n) is 6.76. The Bertz CT molecular complexity index is 395. The van der Waals surface area contributed by atoms with E-state index in [4.69, 9.17) is 9.15 Å². The fourth-order valence-corrected chi connectivity index (χ4v) is 2.39. The summed E-state index contributed by atoms with van der Waals surface area (Å²) in [6.45, 7) is 7.77. The Labute approximate surface area is 113 Å². The Morgan fingerprint density at radius 3 is 2.74 bits per heavy atom. The molecular formula is C14H22N2O3. The minimum Gasteiger partial charge on any atom is -0.468 e. The van der Waals surface area contributed by atoms with Gasteiger partial charge in [-0.2, -0.15) is 0 Å². The average Bonchev–Trinajstić information content (AvgIpc) is 2.87. The zero-order chi connectivity index (χ0) is 13.8. The van der Waals surface area contributed by atoms with Crippen LogP contribution in [0.5, 0.6) is 0 Å². The van der Waals surface area contributed by atoms with E-state index in [9.17, 15) is 4.79 Å². The molecule has 1 aromatic heterocycles. The molecule has 0 spiro atoms. The molecule has 0 aliphatic carbocycles. The number of rotatable bonds is 4. The predicted octanol–water partition coefficient (Wildman–Crippen LogP) is 1.39. The Morgan fingerprint density at radius 2 is 2.16 bits per heavy atom. The summed E-state index contributed by atoms with van der Waals surface area (Å²) in [5, 5.41) is 3.19. The summed E-state index contributed by atoms with van der Waals surface area (Å²) in [6, 6.07) is 3.51. The normalized spacial score (nSPS) is 25.3. The van der Waals surface area contributed by atoms with Gasteiger partial charge in [0.25, 0.3) is 0 Å². The van der Waals surface area contributed by atoms with Gasteiger partial charge in [-0.15, -0.1) is 0 Å². The Hall–Kier alpha value is -1.33. The van der Waals surface area contributed by atoms with Crippen LogP contribution in [0.4, 0.5) is 0 Å². The Balaban J connectivity index is 1.84. The topological polar surface area (TPSA) is 54.7 Å². The van der Waals surface area contributed by atoms with Gasteiger partial charge in [0, 0.05) is 13.1 Å². The number of hydrogen-bond donors (Lipinski definition) is 1. The lowest BCUT2D eigenvalue weighted by Crippen LogP contribution is -2.53. The summed E-state index contributed by atoms with van der Waals surface area (Å²) in [4.78, 5) is 14.2. The summed E-state index contributed by atoms with van der Waals surface area (Å²) in [5.41, 5.74) is 0. The molecule has 1 amide bonds. The molecule has 0 bridgehead atoms. The van der Waals surface area contributed by atoms with E-state index in [1.807, 2.05) is 37.8 Å². The van der Waals surface area contributed by atoms with E-state index < -0.39 is 0 Å². The first-order chi connectivity index (χ1) is 9.06. The largest absolute Gasteiger partial charge is 0.468 e. The number of amides is 1. The predicted molar refractivity (Wildman–Crippen MR) is 71.6 cm³/mol. The third kappa shape index (κ3) is 3.81. The molecule has 5 nitrogen and oxygen atoms in total. The number of morpholine rings is 1. The number of carbonyl (C=O) groups is 1. The molecule has 19 heavy (non-hydrogen) atoms. The number of furan rings is 1. The smallest absolute Gasteiger partial charge is 0.239 e. The fourth-order valence-electron chi connectivity index (χ4n) is 2.39. The van der Waals surface area contributed by atoms with Crippen LogP contribution in [0.2, 0.25) is 0 Å². The van der Waals surface area contributed by atoms with Gasteiger partial charge in [-0.25, -0.2) is 0 Å². The minimum absolute atomic E-state index is 0.102. The molecule has 0 aromatic carbocycles. The van der Waals surface area contributed by atoms with Gasteiger partial charge in [0.15, 0.2) is 0 Å². The highest BCUT2D eigenvalue weighted by Crippen LogP contribution is 2.12. The van der Waals surface area contributed by atoms with Crippen molar-refractivity contribution in [2.75, 3.05) is 13.1 Å². The van der Waals surface area contributed by atoms with Crippen LogP contribution in [0.15, 0.2) is 22.8 Å². The molecule has 2 rings (SSSR count). The van der Waals surface area contributed by atoms with Gasteiger partial charge in [0.1, 0.15) is 5.76 Å². The van der Waals surface area contributed by atoms with Gasteiger partial charge in [0.05, 0.1) is 31.1 Å². The van der Waals surface area contributed by atoms with E-state index in [0.29, 0.717) is 19.6 Å². The molecule has 1 N–H and O–H groups in total. The molecule has 2 heterocycles. The van der Waals surface area contributed by atoms with Crippen LogP contribution in [-0.4, -0.2) is 42.1 Å². The monoisotopic (exact) mass is 266 g/mol. The number of carbonyl (C=O) groups excluding carboxylic acids is 1. The first-order valence-corrected chi connectivity index (χ1v) is 6.76. The number of ether oxygens (including phenoxy) is 1. The highest BCUT2D eigenvalue weighted by atomic mass is 16.5. The number of nitrogens with zero attached hydrogens (tertiary/aromatic N) is 1. The van der Waals surface area contributed by atoms with Crippen LogP contribution in [0.1, 0.15) is 26.5 Å². The molecule has 0 saturated carbocycles. The maximum absolute atomic E-state index is 12.3. The SMILES string of the molecule is C[C@@H]1CN(C(=O)[C@@H](C)NCc2ccco2)C[C@@H](C)O1. The van der Waals surface area contributed by atoms with E-state index in [2.05, 4.69) is 5.32 Å². The van der Waals surface area contributed by atoms with Crippen molar-refractivity contribution < 1.29 is 13.9 Å². The highest BCUT2D eigenvalue weighted by molar-refractivity contribution is 5.81. The van der Waals surface area contributed by atoms with Crippen LogP contribution < -0.4 is 5.32 Å². The summed E-state index contributed by atoms with van der Waals surface area (Å²) in [7, 11) is 0. The van der Waals surface area contributed by atoms with Crippen molar-refractivity contribution in [1.82, 2.24) is 10.2 Å². The molecule has 0 radical (unpaired) electrons. The van der Waals surface area contributed by atoms with Gasteiger partial charge in [-0.3, -0.25) is 10.1 Å². The molecule has 1 aliphatic rings. The molecule has 3 atom stereocenters. The lowest BCUT2D eigenvalue weighted by Gasteiger charge is -2.36. The Morgan fingerprint density at radius 1 is 1.47 bits per heavy atom. The third-order valence-electron chi connectivity index (χ3n) is 3.26. The van der Waals surface area contributed by atoms with Gasteiger partial charge in [-0.1, -0.05) is 0 Å². The lowest BCUT2D eigenvalue weighted by molar-refractivity contribution is -0.145. The van der Waals surface area contributed by atoms with E-state index in [-0.39, 0.29) is 24.2 Å². The second-order valence-electron chi connectivity index (χ2n) is 5.18. The standard InChI is InChI=1S/C14H22N2O3/c1-10-8-16(9-11(2)19-10)14(17)12(3)15-7-13-5-4-6-18-13/h4-6,10-12,15H,7-9H2,1-3H3/t10-,11-,12-/m1/s1. The van der Waals surface area contributed by atoms with Crippen molar-refractivity contribution in [3.63, 3.8) is 0 Å². The molecular weight excluding hydrogens is 244 g/mol. The quantitative estimate of drug-likeness (QED) is 0.895. The average molecular weight is 266 g/mol. The molecule has 0 unspecified atom stereocenters. The maximum Gasteiger partial charge on any atom is 0.239 e. The zero-order valence-corrected chi connectivity index (χ0v) is 11.8. The summed E-state index contributed by atoms with van der Waals surface area (Å²) in [6.07, 6.45) is 1.84. The molecule has 1 fully saturated rings. The second kappa shape index (κ2) is 6.21. The van der Waals surface area contributed by atoms with Crippen LogP contribution in [0, 0.1) is 0 Å². The summed E-state index contributed by atoms with van der Waals surface area (Å²) in [5.74, 6) is 0.955. The van der Waals surface area contributed by atoms with Crippen molar-refractivity contribution in [2.24, 2.45) is 0 Å². The molecule has 5 heteroatoms. The van der Waals surface area contributed by atoms with Crippen LogP contribution in [0.3, 0.4) is 0 Å². The molecule has 106 valence electrons. The first kappa shape index (κ1) is 14.1. The fraction of sp³-hybridized carbons (Fsp3) is 0.643. The molecule has 1 aromatic rings. The van der Waals surface area contributed by atoms with Crippen LogP contribution >= 0.6 is 0 Å². The number of nitrogens with one attached hydrogen (secondary N) is 1. The minimum atomic E-state index is -0.220. The van der Waals surface area contributed by atoms with Gasteiger partial charge in [0.2, 0.25) is 5.91 Å². The lowest BCUT2D eigenvalue weighted by atomic mass is 10.2. The van der Waals surface area contributed by atoms with E-state index in [1.165, 1.54) is 0 Å². The van der Waals surface area contributed by atoms with Crippen molar-refractivity contribution in [2.45, 2.75) is 45.6 Å². The van der Waals surface area contributed by atoms with E-state index in [1.54, 1.807) is 6.26 Å². The highest BCUT2D eigenvalue weighted by Gasteiger charge is 2.28. The van der Waals surface area contributed by atoms with Crippen molar-refractivity contribution in [1.29, 1.82) is 0 Å². The molecule has 1 saturated heterocycles. The van der Waals surface area contributed by atoms with Gasteiger partial charge in [-0.05, 0) is 32.9 Å². The van der Waals surface area contributed by atoms with Crippen molar-refractivity contribution in [3.05, 3.63) is 24.2 Å². The second-order valence-corrected chi connectivity index (χ2v) is 5.18. The van der Waals surface area contributed by atoms with E-state index >= 15 is 0 Å².